The zero-order valence-corrected chi connectivity index (χ0v) is 32.1. The van der Waals surface area contributed by atoms with Crippen molar-refractivity contribution < 1.29 is 32.5 Å². The van der Waals surface area contributed by atoms with E-state index in [9.17, 15) is 9.18 Å². The van der Waals surface area contributed by atoms with Crippen LogP contribution < -0.4 is 24.6 Å². The second-order valence-corrected chi connectivity index (χ2v) is 15.0. The fourth-order valence-corrected chi connectivity index (χ4v) is 9.18. The number of carbonyl (C=O) groups excluding carboxylic acids is 1. The SMILES string of the molecule is CCc1c(F)ccc2cc(OCOC)cc(N3CCc4c(nc(OC[C@@]56CCCN5C[C@H](F)C6)nc4N4CCCn5nc(C(=O)NC)c(COC)c5C4)C3)c12. The van der Waals surface area contributed by atoms with Crippen LogP contribution in [0.3, 0.4) is 0 Å². The van der Waals surface area contributed by atoms with Crippen LogP contribution in [0.15, 0.2) is 24.3 Å². The minimum Gasteiger partial charge on any atom is -0.467 e. The standard InChI is InChI=1S/C40H50F2N8O5/c1-5-28-31(42)9-8-25-16-27(55-24-53-4)17-33(35(25)28)47-15-10-29-32(20-47)44-39(54-23-40-11-6-13-49(40)19-26(41)18-40)45-37(29)48-12-7-14-50-34(21-48)30(22-52-3)36(46-50)38(51)43-2/h8-9,16-17,26H,5-7,10-15,18-24H2,1-4H3,(H,43,51)/t26-,40+/m1/s1. The molecule has 2 fully saturated rings. The summed E-state index contributed by atoms with van der Waals surface area (Å²) >= 11 is 0. The van der Waals surface area contributed by atoms with Gasteiger partial charge in [0.1, 0.15) is 30.2 Å². The predicted molar refractivity (Wildman–Crippen MR) is 203 cm³/mol. The van der Waals surface area contributed by atoms with Crippen LogP contribution in [0.5, 0.6) is 11.8 Å². The summed E-state index contributed by atoms with van der Waals surface area (Å²) in [6, 6.07) is 7.45. The Morgan fingerprint density at radius 2 is 1.89 bits per heavy atom. The lowest BCUT2D eigenvalue weighted by Gasteiger charge is -2.35. The van der Waals surface area contributed by atoms with Crippen molar-refractivity contribution in [3.63, 3.8) is 0 Å². The highest BCUT2D eigenvalue weighted by Crippen LogP contribution is 2.42. The largest absolute Gasteiger partial charge is 0.467 e. The van der Waals surface area contributed by atoms with Crippen LogP contribution in [0.1, 0.15) is 71.2 Å². The van der Waals surface area contributed by atoms with Gasteiger partial charge in [0.25, 0.3) is 5.91 Å². The third kappa shape index (κ3) is 6.95. The molecule has 2 aromatic carbocycles. The topological polar surface area (TPSA) is 119 Å². The second kappa shape index (κ2) is 15.5. The van der Waals surface area contributed by atoms with E-state index in [2.05, 4.69) is 20.0 Å². The minimum absolute atomic E-state index is 0.0837. The molecule has 15 heteroatoms. The number of nitrogens with one attached hydrogen (secondary N) is 1. The van der Waals surface area contributed by atoms with E-state index in [0.29, 0.717) is 82.1 Å². The third-order valence-corrected chi connectivity index (χ3v) is 11.7. The van der Waals surface area contributed by atoms with Crippen LogP contribution in [0, 0.1) is 5.82 Å². The van der Waals surface area contributed by atoms with Crippen LogP contribution in [-0.2, 0) is 48.6 Å². The molecule has 0 saturated carbocycles. The van der Waals surface area contributed by atoms with Crippen LogP contribution in [-0.4, -0.2) is 103 Å². The number of ether oxygens (including phenoxy) is 4. The Morgan fingerprint density at radius 1 is 1.02 bits per heavy atom. The number of amides is 1. The van der Waals surface area contributed by atoms with Gasteiger partial charge in [0.15, 0.2) is 12.5 Å². The number of alkyl halides is 1. The molecule has 13 nitrogen and oxygen atoms in total. The molecule has 2 aromatic heterocycles. The maximum atomic E-state index is 15.4. The Hall–Kier alpha value is -4.60. The zero-order chi connectivity index (χ0) is 38.3. The molecule has 294 valence electrons. The van der Waals surface area contributed by atoms with Gasteiger partial charge in [-0.15, -0.1) is 0 Å². The average molecular weight is 761 g/mol. The number of hydrogen-bond donors (Lipinski definition) is 1. The number of carbonyl (C=O) groups is 1. The van der Waals surface area contributed by atoms with Crippen molar-refractivity contribution in [2.75, 3.05) is 70.6 Å². The lowest BCUT2D eigenvalue weighted by atomic mass is 9.95. The number of benzene rings is 2. The number of aromatic nitrogens is 4. The summed E-state index contributed by atoms with van der Waals surface area (Å²) in [5, 5.41) is 9.16. The normalized spacial score (nSPS) is 21.0. The van der Waals surface area contributed by atoms with E-state index in [0.717, 1.165) is 70.6 Å². The fourth-order valence-electron chi connectivity index (χ4n) is 9.18. The molecular weight excluding hydrogens is 710 g/mol. The van der Waals surface area contributed by atoms with Gasteiger partial charge in [-0.05, 0) is 61.7 Å². The Labute approximate surface area is 319 Å². The van der Waals surface area contributed by atoms with Crippen molar-refractivity contribution in [1.82, 2.24) is 30.0 Å². The number of rotatable bonds is 12. The average Bonchev–Trinajstić information content (AvgIpc) is 3.78. The Morgan fingerprint density at radius 3 is 2.69 bits per heavy atom. The summed E-state index contributed by atoms with van der Waals surface area (Å²) in [7, 11) is 4.79. The molecular formula is C40H50F2N8O5. The molecule has 55 heavy (non-hydrogen) atoms. The second-order valence-electron chi connectivity index (χ2n) is 15.0. The number of halogens is 2. The molecule has 4 aromatic rings. The van der Waals surface area contributed by atoms with Crippen LogP contribution in [0.4, 0.5) is 20.3 Å². The molecule has 2 saturated heterocycles. The van der Waals surface area contributed by atoms with Gasteiger partial charge in [-0.3, -0.25) is 14.4 Å². The molecule has 0 bridgehead atoms. The van der Waals surface area contributed by atoms with Crippen molar-refractivity contribution in [1.29, 1.82) is 0 Å². The number of fused-ring (bicyclic) bond motifs is 4. The monoisotopic (exact) mass is 760 g/mol. The zero-order valence-electron chi connectivity index (χ0n) is 32.1. The molecule has 4 aliphatic heterocycles. The highest BCUT2D eigenvalue weighted by Gasteiger charge is 2.49. The Balaban J connectivity index is 1.20. The van der Waals surface area contributed by atoms with Crippen molar-refractivity contribution in [3.8, 4) is 11.8 Å². The van der Waals surface area contributed by atoms with Gasteiger partial charge in [0.05, 0.1) is 36.6 Å². The summed E-state index contributed by atoms with van der Waals surface area (Å²) in [5.74, 6) is 0.906. The van der Waals surface area contributed by atoms with Gasteiger partial charge in [-0.2, -0.15) is 15.1 Å². The molecule has 0 radical (unpaired) electrons. The number of nitrogens with zero attached hydrogens (tertiary/aromatic N) is 7. The highest BCUT2D eigenvalue weighted by atomic mass is 19.1. The first-order valence-corrected chi connectivity index (χ1v) is 19.3. The maximum Gasteiger partial charge on any atom is 0.318 e. The van der Waals surface area contributed by atoms with Crippen molar-refractivity contribution >= 4 is 28.2 Å². The van der Waals surface area contributed by atoms with E-state index in [1.807, 2.05) is 23.7 Å². The molecule has 6 heterocycles. The van der Waals surface area contributed by atoms with E-state index in [1.54, 1.807) is 27.3 Å². The van der Waals surface area contributed by atoms with E-state index < -0.39 is 6.17 Å². The summed E-state index contributed by atoms with van der Waals surface area (Å²) in [6.45, 7) is 6.73. The van der Waals surface area contributed by atoms with Gasteiger partial charge in [-0.25, -0.2) is 8.78 Å². The summed E-state index contributed by atoms with van der Waals surface area (Å²) in [6.07, 6.45) is 3.36. The van der Waals surface area contributed by atoms with Crippen molar-refractivity contribution in [2.45, 2.75) is 83.4 Å². The molecule has 1 amide bonds. The summed E-state index contributed by atoms with van der Waals surface area (Å²) in [4.78, 5) is 29.8. The number of hydrogen-bond acceptors (Lipinski definition) is 11. The molecule has 1 N–H and O–H groups in total. The Bertz CT molecular complexity index is 2080. The van der Waals surface area contributed by atoms with E-state index in [1.165, 1.54) is 6.07 Å². The van der Waals surface area contributed by atoms with Crippen LogP contribution in [0.2, 0.25) is 0 Å². The summed E-state index contributed by atoms with van der Waals surface area (Å²) < 4.78 is 55.3. The van der Waals surface area contributed by atoms with E-state index in [4.69, 9.17) is 34.0 Å². The first kappa shape index (κ1) is 37.3. The first-order valence-electron chi connectivity index (χ1n) is 19.3. The number of aryl methyl sites for hydroxylation is 2. The van der Waals surface area contributed by atoms with E-state index >= 15 is 4.39 Å². The molecule has 4 aliphatic rings. The first-order chi connectivity index (χ1) is 26.7. The minimum atomic E-state index is -0.878. The van der Waals surface area contributed by atoms with Gasteiger partial charge >= 0.3 is 6.01 Å². The van der Waals surface area contributed by atoms with Gasteiger partial charge in [-0.1, -0.05) is 13.0 Å². The molecule has 2 atom stereocenters. The van der Waals surface area contributed by atoms with E-state index in [-0.39, 0.29) is 36.7 Å². The Kier molecular flexibility index (Phi) is 10.5. The fraction of sp³-hybridized carbons (Fsp3) is 0.550. The number of methoxy groups -OCH3 is 2. The third-order valence-electron chi connectivity index (χ3n) is 11.7. The van der Waals surface area contributed by atoms with Crippen LogP contribution >= 0.6 is 0 Å². The van der Waals surface area contributed by atoms with Gasteiger partial charge < -0.3 is 34.1 Å². The van der Waals surface area contributed by atoms with Crippen molar-refractivity contribution in [3.05, 3.63) is 63.9 Å². The highest BCUT2D eigenvalue weighted by molar-refractivity contribution is 5.98. The van der Waals surface area contributed by atoms with Crippen molar-refractivity contribution in [2.24, 2.45) is 0 Å². The smallest absolute Gasteiger partial charge is 0.318 e. The quantitative estimate of drug-likeness (QED) is 0.198. The lowest BCUT2D eigenvalue weighted by molar-refractivity contribution is 0.0512. The number of anilines is 2. The molecule has 0 aliphatic carbocycles. The molecule has 0 spiro atoms. The molecule has 8 rings (SSSR count). The summed E-state index contributed by atoms with van der Waals surface area (Å²) in [5.41, 5.74) is 4.98. The predicted octanol–water partition coefficient (Wildman–Crippen LogP) is 4.94. The van der Waals surface area contributed by atoms with Gasteiger partial charge in [0.2, 0.25) is 0 Å². The maximum absolute atomic E-state index is 15.4. The van der Waals surface area contributed by atoms with Gasteiger partial charge in [0, 0.05) is 82.1 Å². The lowest BCUT2D eigenvalue weighted by Crippen LogP contribution is -2.43. The molecule has 0 unspecified atom stereocenters. The van der Waals surface area contributed by atoms with Crippen LogP contribution in [0.25, 0.3) is 10.8 Å².